The average molecular weight is 244 g/mol. The first-order valence-electron chi connectivity index (χ1n) is 5.59. The molecule has 0 aromatic carbocycles. The molecule has 0 spiro atoms. The van der Waals surface area contributed by atoms with E-state index in [9.17, 15) is 0 Å². The Bertz CT molecular complexity index is 686. The molecule has 0 aliphatic rings. The van der Waals surface area contributed by atoms with E-state index in [4.69, 9.17) is 10.3 Å². The fourth-order valence-electron chi connectivity index (χ4n) is 1.89. The summed E-state index contributed by atoms with van der Waals surface area (Å²) in [5.41, 5.74) is 7.63. The third-order valence-corrected chi connectivity index (χ3v) is 2.71. The van der Waals surface area contributed by atoms with Crippen molar-refractivity contribution in [1.82, 2.24) is 24.7 Å². The van der Waals surface area contributed by atoms with E-state index in [0.29, 0.717) is 30.6 Å². The van der Waals surface area contributed by atoms with Crippen molar-refractivity contribution in [3.05, 3.63) is 30.2 Å². The number of anilines is 1. The van der Waals surface area contributed by atoms with Gasteiger partial charge in [-0.25, -0.2) is 4.98 Å². The van der Waals surface area contributed by atoms with Gasteiger partial charge in [0.2, 0.25) is 11.8 Å². The van der Waals surface area contributed by atoms with Gasteiger partial charge in [0.1, 0.15) is 5.52 Å². The van der Waals surface area contributed by atoms with Crippen LogP contribution < -0.4 is 5.73 Å². The predicted octanol–water partition coefficient (Wildman–Crippen LogP) is 0.948. The lowest BCUT2D eigenvalue weighted by molar-refractivity contribution is 0.386. The Balaban J connectivity index is 1.88. The first kappa shape index (κ1) is 10.7. The number of hydrogen-bond acceptors (Lipinski definition) is 6. The Labute approximate surface area is 103 Å². The summed E-state index contributed by atoms with van der Waals surface area (Å²) < 4.78 is 6.84. The van der Waals surface area contributed by atoms with E-state index in [1.165, 1.54) is 0 Å². The highest BCUT2D eigenvalue weighted by molar-refractivity contribution is 5.76. The van der Waals surface area contributed by atoms with E-state index in [0.717, 1.165) is 11.0 Å². The summed E-state index contributed by atoms with van der Waals surface area (Å²) in [6, 6.07) is 1.89. The second kappa shape index (κ2) is 4.10. The van der Waals surface area contributed by atoms with E-state index in [2.05, 4.69) is 20.1 Å². The number of aryl methyl sites for hydroxylation is 3. The Hall–Kier alpha value is -2.44. The number of fused-ring (bicyclic) bond motifs is 1. The lowest BCUT2D eigenvalue weighted by Crippen LogP contribution is -2.06. The summed E-state index contributed by atoms with van der Waals surface area (Å²) in [6.07, 6.45) is 4.06. The number of imidazole rings is 1. The van der Waals surface area contributed by atoms with Gasteiger partial charge in [0.15, 0.2) is 5.82 Å². The van der Waals surface area contributed by atoms with Gasteiger partial charge in [-0.05, 0) is 6.07 Å². The maximum atomic E-state index is 5.88. The van der Waals surface area contributed by atoms with Crippen molar-refractivity contribution in [2.24, 2.45) is 0 Å². The minimum Gasteiger partial charge on any atom is -0.369 e. The maximum Gasteiger partial charge on any atom is 0.223 e. The molecular weight excluding hydrogens is 232 g/mol. The molecule has 0 amide bonds. The number of nitrogens with two attached hydrogens (primary N) is 1. The fourth-order valence-corrected chi connectivity index (χ4v) is 1.89. The number of hydrogen-bond donors (Lipinski definition) is 1. The molecule has 7 nitrogen and oxygen atoms in total. The minimum atomic E-state index is 0.471. The monoisotopic (exact) mass is 244 g/mol. The number of pyridine rings is 1. The number of nitrogen functional groups attached to an aromatic ring is 1. The highest BCUT2D eigenvalue weighted by atomic mass is 16.5. The Morgan fingerprint density at radius 2 is 2.28 bits per heavy atom. The predicted molar refractivity (Wildman–Crippen MR) is 64.7 cm³/mol. The zero-order chi connectivity index (χ0) is 12.5. The molecule has 0 atom stereocenters. The number of nitrogens with zero attached hydrogens (tertiary/aromatic N) is 5. The van der Waals surface area contributed by atoms with E-state index in [-0.39, 0.29) is 0 Å². The molecule has 0 unspecified atom stereocenters. The second-order valence-corrected chi connectivity index (χ2v) is 3.97. The van der Waals surface area contributed by atoms with E-state index >= 15 is 0 Å². The fraction of sp³-hybridized carbons (Fsp3) is 0.273. The lowest BCUT2D eigenvalue weighted by Gasteiger charge is -2.03. The van der Waals surface area contributed by atoms with Crippen LogP contribution >= 0.6 is 0 Å². The summed E-state index contributed by atoms with van der Waals surface area (Å²) in [7, 11) is 0. The number of rotatable bonds is 3. The molecule has 3 aromatic rings. The molecule has 0 saturated heterocycles. The van der Waals surface area contributed by atoms with Crippen LogP contribution in [0.3, 0.4) is 0 Å². The van der Waals surface area contributed by atoms with Gasteiger partial charge < -0.3 is 14.8 Å². The standard InChI is InChI=1S/C11H12N6O/c1-7-14-10(16-18-7)3-5-17-9-2-4-13-6-8(9)15-11(17)12/h2,4,6H,3,5H2,1H3,(H2,12,15). The van der Waals surface area contributed by atoms with Crippen molar-refractivity contribution in [1.29, 1.82) is 0 Å². The zero-order valence-corrected chi connectivity index (χ0v) is 9.87. The Kier molecular flexibility index (Phi) is 2.44. The van der Waals surface area contributed by atoms with Gasteiger partial charge in [-0.2, -0.15) is 4.98 Å². The van der Waals surface area contributed by atoms with Gasteiger partial charge in [0.05, 0.1) is 11.7 Å². The molecule has 18 heavy (non-hydrogen) atoms. The van der Waals surface area contributed by atoms with Crippen LogP contribution in [0.25, 0.3) is 11.0 Å². The van der Waals surface area contributed by atoms with Crippen molar-refractivity contribution >= 4 is 17.0 Å². The van der Waals surface area contributed by atoms with Crippen LogP contribution in [0.2, 0.25) is 0 Å². The average Bonchev–Trinajstić information content (AvgIpc) is 2.90. The van der Waals surface area contributed by atoms with Crippen LogP contribution in [0, 0.1) is 6.92 Å². The molecule has 2 N–H and O–H groups in total. The van der Waals surface area contributed by atoms with Crippen LogP contribution in [0.1, 0.15) is 11.7 Å². The molecule has 3 heterocycles. The Morgan fingerprint density at radius 1 is 1.39 bits per heavy atom. The van der Waals surface area contributed by atoms with Crippen molar-refractivity contribution in [2.45, 2.75) is 19.9 Å². The summed E-state index contributed by atoms with van der Waals surface area (Å²) >= 11 is 0. The minimum absolute atomic E-state index is 0.471. The van der Waals surface area contributed by atoms with Crippen LogP contribution in [0.15, 0.2) is 23.0 Å². The highest BCUT2D eigenvalue weighted by Gasteiger charge is 2.09. The van der Waals surface area contributed by atoms with Gasteiger partial charge in [-0.15, -0.1) is 0 Å². The van der Waals surface area contributed by atoms with Gasteiger partial charge in [0, 0.05) is 26.1 Å². The van der Waals surface area contributed by atoms with Crippen molar-refractivity contribution < 1.29 is 4.52 Å². The third-order valence-electron chi connectivity index (χ3n) is 2.71. The number of aromatic nitrogens is 5. The molecule has 0 bridgehead atoms. The van der Waals surface area contributed by atoms with E-state index < -0.39 is 0 Å². The molecule has 3 rings (SSSR count). The Morgan fingerprint density at radius 3 is 3.06 bits per heavy atom. The first-order valence-corrected chi connectivity index (χ1v) is 5.59. The summed E-state index contributed by atoms with van der Waals surface area (Å²) in [5, 5.41) is 3.85. The van der Waals surface area contributed by atoms with Crippen LogP contribution in [0.4, 0.5) is 5.95 Å². The highest BCUT2D eigenvalue weighted by Crippen LogP contribution is 2.16. The van der Waals surface area contributed by atoms with Gasteiger partial charge in [-0.1, -0.05) is 5.16 Å². The molecule has 7 heteroatoms. The van der Waals surface area contributed by atoms with Crippen LogP contribution in [-0.4, -0.2) is 24.7 Å². The van der Waals surface area contributed by atoms with E-state index in [1.54, 1.807) is 19.3 Å². The second-order valence-electron chi connectivity index (χ2n) is 3.97. The lowest BCUT2D eigenvalue weighted by atomic mass is 10.3. The smallest absolute Gasteiger partial charge is 0.223 e. The molecule has 0 saturated carbocycles. The van der Waals surface area contributed by atoms with Crippen molar-refractivity contribution in [3.63, 3.8) is 0 Å². The maximum absolute atomic E-state index is 5.88. The summed E-state index contributed by atoms with van der Waals surface area (Å²) in [6.45, 7) is 2.43. The zero-order valence-electron chi connectivity index (χ0n) is 9.87. The molecule has 0 aliphatic carbocycles. The van der Waals surface area contributed by atoms with Gasteiger partial charge >= 0.3 is 0 Å². The van der Waals surface area contributed by atoms with Crippen LogP contribution in [-0.2, 0) is 13.0 Å². The molecule has 0 aliphatic heterocycles. The summed E-state index contributed by atoms with van der Waals surface area (Å²) in [5.74, 6) is 1.71. The SMILES string of the molecule is Cc1nc(CCn2c(N)nc3cnccc32)no1. The molecule has 3 aromatic heterocycles. The van der Waals surface area contributed by atoms with Crippen LogP contribution in [0.5, 0.6) is 0 Å². The molecule has 92 valence electrons. The third kappa shape index (κ3) is 1.79. The quantitative estimate of drug-likeness (QED) is 0.736. The first-order chi connectivity index (χ1) is 8.74. The molecule has 0 radical (unpaired) electrons. The van der Waals surface area contributed by atoms with Gasteiger partial charge in [-0.3, -0.25) is 4.98 Å². The van der Waals surface area contributed by atoms with Crippen molar-refractivity contribution in [2.75, 3.05) is 5.73 Å². The topological polar surface area (TPSA) is 95.7 Å². The van der Waals surface area contributed by atoms with Gasteiger partial charge in [0.25, 0.3) is 0 Å². The largest absolute Gasteiger partial charge is 0.369 e. The van der Waals surface area contributed by atoms with Crippen molar-refractivity contribution in [3.8, 4) is 0 Å². The molecular formula is C11H12N6O. The van der Waals surface area contributed by atoms with E-state index in [1.807, 2.05) is 10.6 Å². The molecule has 0 fully saturated rings. The summed E-state index contributed by atoms with van der Waals surface area (Å²) in [4.78, 5) is 12.4. The normalized spacial score (nSPS) is 11.2.